The number of nitrogens with one attached hydrogen (secondary N) is 1. The summed E-state index contributed by atoms with van der Waals surface area (Å²) >= 11 is 1.26. The molecule has 2 heterocycles. The summed E-state index contributed by atoms with van der Waals surface area (Å²) in [5, 5.41) is 3.53. The average molecular weight is 446 g/mol. The molecule has 0 unspecified atom stereocenters. The van der Waals surface area contributed by atoms with Gasteiger partial charge < -0.3 is 14.6 Å². The number of thiazole rings is 1. The fourth-order valence-corrected chi connectivity index (χ4v) is 4.41. The van der Waals surface area contributed by atoms with Gasteiger partial charge in [-0.05, 0) is 30.2 Å². The molecular weight excluding hydrogens is 422 g/mol. The molecule has 2 amide bonds. The highest BCUT2D eigenvalue weighted by Gasteiger charge is 2.25. The molecule has 0 aliphatic rings. The zero-order valence-electron chi connectivity index (χ0n) is 17.9. The van der Waals surface area contributed by atoms with Gasteiger partial charge >= 0.3 is 0 Å². The molecule has 0 spiro atoms. The Morgan fingerprint density at radius 1 is 1.03 bits per heavy atom. The topological polar surface area (TPSA) is 75.4 Å². The Hall–Kier alpha value is -3.71. The van der Waals surface area contributed by atoms with Gasteiger partial charge in [0, 0.05) is 18.3 Å². The van der Waals surface area contributed by atoms with Crippen LogP contribution in [0.25, 0.3) is 22.0 Å². The summed E-state index contributed by atoms with van der Waals surface area (Å²) in [5.41, 5.74) is 3.23. The van der Waals surface area contributed by atoms with E-state index in [4.69, 9.17) is 4.42 Å². The largest absolute Gasteiger partial charge is 0.462 e. The SMILES string of the molecule is CCc1ccccc1NC(=O)CN(C)C(=O)c1sc(-c2ccco2)nc1-c1ccccc1. The molecule has 32 heavy (non-hydrogen) atoms. The Balaban J connectivity index is 1.57. The normalized spacial score (nSPS) is 10.7. The maximum atomic E-state index is 13.3. The standard InChI is InChI=1S/C25H23N3O3S/c1-3-17-10-7-8-13-19(17)26-21(29)16-28(2)25(30)23-22(18-11-5-4-6-12-18)27-24(32-23)20-14-9-15-31-20/h4-15H,3,16H2,1-2H3,(H,26,29). The van der Waals surface area contributed by atoms with Crippen LogP contribution in [0.3, 0.4) is 0 Å². The second-order valence-corrected chi connectivity index (χ2v) is 8.26. The lowest BCUT2D eigenvalue weighted by atomic mass is 10.1. The van der Waals surface area contributed by atoms with Gasteiger partial charge in [-0.1, -0.05) is 55.5 Å². The first-order valence-corrected chi connectivity index (χ1v) is 11.1. The lowest BCUT2D eigenvalue weighted by Crippen LogP contribution is -2.35. The molecule has 7 heteroatoms. The summed E-state index contributed by atoms with van der Waals surface area (Å²) in [6.45, 7) is 1.96. The van der Waals surface area contributed by atoms with E-state index in [1.165, 1.54) is 16.2 Å². The smallest absolute Gasteiger partial charge is 0.266 e. The van der Waals surface area contributed by atoms with Crippen molar-refractivity contribution in [3.8, 4) is 22.0 Å². The summed E-state index contributed by atoms with van der Waals surface area (Å²) in [6.07, 6.45) is 2.38. The van der Waals surface area contributed by atoms with Crippen molar-refractivity contribution in [2.24, 2.45) is 0 Å². The van der Waals surface area contributed by atoms with Gasteiger partial charge in [-0.15, -0.1) is 11.3 Å². The summed E-state index contributed by atoms with van der Waals surface area (Å²) in [5.74, 6) is 0.0830. The van der Waals surface area contributed by atoms with E-state index in [9.17, 15) is 9.59 Å². The van der Waals surface area contributed by atoms with Crippen molar-refractivity contribution >= 4 is 28.8 Å². The summed E-state index contributed by atoms with van der Waals surface area (Å²) < 4.78 is 5.48. The molecule has 0 saturated carbocycles. The highest BCUT2D eigenvalue weighted by atomic mass is 32.1. The van der Waals surface area contributed by atoms with E-state index in [-0.39, 0.29) is 18.4 Å². The van der Waals surface area contributed by atoms with Gasteiger partial charge in [-0.3, -0.25) is 9.59 Å². The molecule has 0 aliphatic heterocycles. The zero-order valence-corrected chi connectivity index (χ0v) is 18.7. The molecule has 4 aromatic rings. The predicted molar refractivity (Wildman–Crippen MR) is 127 cm³/mol. The Morgan fingerprint density at radius 3 is 2.50 bits per heavy atom. The van der Waals surface area contributed by atoms with E-state index in [0.717, 1.165) is 23.2 Å². The first-order chi connectivity index (χ1) is 15.6. The van der Waals surface area contributed by atoms with E-state index in [0.29, 0.717) is 21.3 Å². The molecule has 2 aromatic heterocycles. The molecule has 0 radical (unpaired) electrons. The number of nitrogens with zero attached hydrogens (tertiary/aromatic N) is 2. The quantitative estimate of drug-likeness (QED) is 0.416. The summed E-state index contributed by atoms with van der Waals surface area (Å²) in [4.78, 5) is 32.5. The maximum Gasteiger partial charge on any atom is 0.266 e. The minimum atomic E-state index is -0.266. The number of carbonyl (C=O) groups excluding carboxylic acids is 2. The third-order valence-electron chi connectivity index (χ3n) is 5.00. The van der Waals surface area contributed by atoms with Crippen LogP contribution in [-0.2, 0) is 11.2 Å². The molecule has 0 saturated heterocycles. The van der Waals surface area contributed by atoms with Gasteiger partial charge in [0.2, 0.25) is 5.91 Å². The molecule has 0 atom stereocenters. The van der Waals surface area contributed by atoms with Gasteiger partial charge in [-0.2, -0.15) is 0 Å². The minimum Gasteiger partial charge on any atom is -0.462 e. The number of para-hydroxylation sites is 1. The molecule has 6 nitrogen and oxygen atoms in total. The van der Waals surface area contributed by atoms with Gasteiger partial charge in [0.15, 0.2) is 10.8 Å². The number of hydrogen-bond acceptors (Lipinski definition) is 5. The third kappa shape index (κ3) is 4.63. The Labute approximate surface area is 190 Å². The Kier molecular flexibility index (Phi) is 6.47. The number of hydrogen-bond donors (Lipinski definition) is 1. The number of amides is 2. The van der Waals surface area contributed by atoms with Crippen LogP contribution in [0.5, 0.6) is 0 Å². The van der Waals surface area contributed by atoms with Crippen LogP contribution < -0.4 is 5.32 Å². The minimum absolute atomic E-state index is 0.0703. The number of likely N-dealkylation sites (N-methyl/N-ethyl adjacent to an activating group) is 1. The van der Waals surface area contributed by atoms with E-state index in [1.54, 1.807) is 19.4 Å². The third-order valence-corrected chi connectivity index (χ3v) is 6.06. The molecule has 0 aliphatic carbocycles. The molecule has 2 aromatic carbocycles. The lowest BCUT2D eigenvalue weighted by Gasteiger charge is -2.17. The zero-order chi connectivity index (χ0) is 22.5. The summed E-state index contributed by atoms with van der Waals surface area (Å²) in [6, 6.07) is 20.8. The van der Waals surface area contributed by atoms with Crippen LogP contribution in [0.15, 0.2) is 77.4 Å². The first kappa shape index (κ1) is 21.5. The maximum absolute atomic E-state index is 13.3. The van der Waals surface area contributed by atoms with Crippen molar-refractivity contribution < 1.29 is 14.0 Å². The van der Waals surface area contributed by atoms with E-state index in [2.05, 4.69) is 10.3 Å². The van der Waals surface area contributed by atoms with Gasteiger partial charge in [-0.25, -0.2) is 4.98 Å². The lowest BCUT2D eigenvalue weighted by molar-refractivity contribution is -0.116. The van der Waals surface area contributed by atoms with Crippen LogP contribution in [-0.4, -0.2) is 35.3 Å². The second-order valence-electron chi connectivity index (χ2n) is 7.26. The second kappa shape index (κ2) is 9.62. The van der Waals surface area contributed by atoms with Crippen LogP contribution in [0.2, 0.25) is 0 Å². The van der Waals surface area contributed by atoms with E-state index >= 15 is 0 Å². The predicted octanol–water partition coefficient (Wildman–Crippen LogP) is 5.34. The Bertz CT molecular complexity index is 1220. The van der Waals surface area contributed by atoms with Crippen LogP contribution in [0.4, 0.5) is 5.69 Å². The Morgan fingerprint density at radius 2 is 1.78 bits per heavy atom. The number of anilines is 1. The molecule has 162 valence electrons. The monoisotopic (exact) mass is 445 g/mol. The van der Waals surface area contributed by atoms with Crippen molar-refractivity contribution in [2.45, 2.75) is 13.3 Å². The summed E-state index contributed by atoms with van der Waals surface area (Å²) in [7, 11) is 1.62. The number of carbonyl (C=O) groups is 2. The van der Waals surface area contributed by atoms with Crippen molar-refractivity contribution in [3.05, 3.63) is 83.4 Å². The molecule has 1 N–H and O–H groups in total. The fraction of sp³-hybridized carbons (Fsp3) is 0.160. The molecule has 0 bridgehead atoms. The molecule has 4 rings (SSSR count). The highest BCUT2D eigenvalue weighted by molar-refractivity contribution is 7.17. The first-order valence-electron chi connectivity index (χ1n) is 10.3. The van der Waals surface area contributed by atoms with Gasteiger partial charge in [0.1, 0.15) is 4.88 Å². The van der Waals surface area contributed by atoms with Crippen LogP contribution >= 0.6 is 11.3 Å². The number of benzene rings is 2. The highest BCUT2D eigenvalue weighted by Crippen LogP contribution is 2.34. The van der Waals surface area contributed by atoms with Crippen molar-refractivity contribution in [1.29, 1.82) is 0 Å². The van der Waals surface area contributed by atoms with Gasteiger partial charge in [0.05, 0.1) is 18.5 Å². The number of rotatable bonds is 7. The number of furan rings is 1. The van der Waals surface area contributed by atoms with E-state index < -0.39 is 0 Å². The number of aromatic nitrogens is 1. The van der Waals surface area contributed by atoms with Crippen molar-refractivity contribution in [2.75, 3.05) is 18.9 Å². The van der Waals surface area contributed by atoms with Crippen LogP contribution in [0, 0.1) is 0 Å². The number of aryl methyl sites for hydroxylation is 1. The van der Waals surface area contributed by atoms with Crippen molar-refractivity contribution in [3.63, 3.8) is 0 Å². The average Bonchev–Trinajstić information content (AvgIpc) is 3.49. The fourth-order valence-electron chi connectivity index (χ4n) is 3.36. The molecule has 0 fully saturated rings. The van der Waals surface area contributed by atoms with Gasteiger partial charge in [0.25, 0.3) is 5.91 Å². The van der Waals surface area contributed by atoms with Crippen molar-refractivity contribution in [1.82, 2.24) is 9.88 Å². The molecular formula is C25H23N3O3S. The van der Waals surface area contributed by atoms with Crippen LogP contribution in [0.1, 0.15) is 22.2 Å². The van der Waals surface area contributed by atoms with E-state index in [1.807, 2.05) is 67.6 Å².